The van der Waals surface area contributed by atoms with E-state index in [1.54, 1.807) is 12.1 Å². The molecule has 40 heavy (non-hydrogen) atoms. The van der Waals surface area contributed by atoms with Crippen LogP contribution in [0.5, 0.6) is 11.5 Å². The highest BCUT2D eigenvalue weighted by atomic mass is 16.3. The molecule has 0 bridgehead atoms. The van der Waals surface area contributed by atoms with Crippen molar-refractivity contribution < 1.29 is 15.3 Å². The Hall–Kier alpha value is -4.08. The summed E-state index contributed by atoms with van der Waals surface area (Å²) in [7, 11) is 0. The monoisotopic (exact) mass is 530 g/mol. The summed E-state index contributed by atoms with van der Waals surface area (Å²) in [5.41, 5.74) is 8.20. The minimum Gasteiger partial charge on any atom is -0.508 e. The fourth-order valence-corrected chi connectivity index (χ4v) is 5.72. The van der Waals surface area contributed by atoms with Crippen LogP contribution in [-0.4, -0.2) is 20.9 Å². The summed E-state index contributed by atoms with van der Waals surface area (Å²) in [6.45, 7) is 4.09. The summed E-state index contributed by atoms with van der Waals surface area (Å²) in [4.78, 5) is 0. The van der Waals surface area contributed by atoms with Gasteiger partial charge in [0.05, 0.1) is 5.60 Å². The van der Waals surface area contributed by atoms with Gasteiger partial charge in [0.2, 0.25) is 0 Å². The molecule has 0 saturated heterocycles. The summed E-state index contributed by atoms with van der Waals surface area (Å²) in [6, 6.07) is 30.5. The van der Waals surface area contributed by atoms with Gasteiger partial charge in [-0.2, -0.15) is 0 Å². The van der Waals surface area contributed by atoms with Crippen LogP contribution in [0.1, 0.15) is 59.2 Å². The number of phenolic OH excluding ortho intramolecular Hbond substituents is 2. The van der Waals surface area contributed by atoms with E-state index in [9.17, 15) is 15.3 Å². The molecule has 3 nitrogen and oxygen atoms in total. The number of rotatable bonds is 9. The quantitative estimate of drug-likeness (QED) is 0.208. The number of aliphatic hydroxyl groups is 1. The van der Waals surface area contributed by atoms with E-state index in [0.717, 1.165) is 47.1 Å². The summed E-state index contributed by atoms with van der Waals surface area (Å²) >= 11 is 0. The van der Waals surface area contributed by atoms with Gasteiger partial charge in [-0.05, 0) is 101 Å². The molecule has 1 aliphatic rings. The van der Waals surface area contributed by atoms with Gasteiger partial charge in [0.1, 0.15) is 11.5 Å². The molecule has 0 aliphatic heterocycles. The molecule has 4 aromatic carbocycles. The lowest BCUT2D eigenvalue weighted by Crippen LogP contribution is -2.31. The number of hydrogen-bond acceptors (Lipinski definition) is 3. The lowest BCUT2D eigenvalue weighted by atomic mass is 9.79. The standard InChI is InChI=1S/C37H38O3/c1-26(35-8-3-4-19-37(35,2)40)20-27-9-11-29(12-10-27)22-32-17-18-33(36(39)25-32)23-30-15-13-28(14-16-30)21-31-6-5-7-34(38)24-31/h3-18,24-26,38-40H,19-23H2,1-2H3. The minimum absolute atomic E-state index is 0.268. The van der Waals surface area contributed by atoms with Gasteiger partial charge in [0.15, 0.2) is 0 Å². The predicted molar refractivity (Wildman–Crippen MR) is 163 cm³/mol. The Kier molecular flexibility index (Phi) is 8.23. The van der Waals surface area contributed by atoms with Gasteiger partial charge >= 0.3 is 0 Å². The molecule has 3 heteroatoms. The molecule has 204 valence electrons. The van der Waals surface area contributed by atoms with Crippen LogP contribution in [-0.2, 0) is 25.7 Å². The third-order valence-electron chi connectivity index (χ3n) is 7.94. The Bertz CT molecular complexity index is 1510. The van der Waals surface area contributed by atoms with Gasteiger partial charge < -0.3 is 15.3 Å². The first kappa shape index (κ1) is 27.5. The predicted octanol–water partition coefficient (Wildman–Crippen LogP) is 7.69. The highest BCUT2D eigenvalue weighted by Gasteiger charge is 2.29. The zero-order chi connectivity index (χ0) is 28.1. The molecule has 0 radical (unpaired) electrons. The highest BCUT2D eigenvalue weighted by molar-refractivity contribution is 5.42. The van der Waals surface area contributed by atoms with Crippen LogP contribution in [0.2, 0.25) is 0 Å². The number of benzene rings is 4. The zero-order valence-corrected chi connectivity index (χ0v) is 23.3. The SMILES string of the molecule is CC(Cc1ccc(Cc2ccc(Cc3ccc(Cc4cccc(O)c4)cc3)c(O)c2)cc1)C1=CC=CCC1(C)O. The molecular formula is C37H38O3. The maximum absolute atomic E-state index is 10.8. The Balaban J connectivity index is 1.17. The molecule has 0 spiro atoms. The topological polar surface area (TPSA) is 60.7 Å². The molecule has 0 fully saturated rings. The van der Waals surface area contributed by atoms with Gasteiger partial charge in [-0.15, -0.1) is 0 Å². The van der Waals surface area contributed by atoms with Crippen molar-refractivity contribution in [1.29, 1.82) is 0 Å². The Morgan fingerprint density at radius 1 is 0.700 bits per heavy atom. The van der Waals surface area contributed by atoms with Crippen molar-refractivity contribution in [2.24, 2.45) is 5.92 Å². The van der Waals surface area contributed by atoms with Gasteiger partial charge in [-0.25, -0.2) is 0 Å². The second kappa shape index (κ2) is 12.0. The molecule has 4 aromatic rings. The normalized spacial score (nSPS) is 17.4. The van der Waals surface area contributed by atoms with Gasteiger partial charge in [-0.1, -0.05) is 97.9 Å². The number of allylic oxidation sites excluding steroid dienone is 2. The van der Waals surface area contributed by atoms with Crippen molar-refractivity contribution in [3.8, 4) is 11.5 Å². The average Bonchev–Trinajstić information content (AvgIpc) is 2.92. The lowest BCUT2D eigenvalue weighted by molar-refractivity contribution is 0.0897. The fourth-order valence-electron chi connectivity index (χ4n) is 5.72. The van der Waals surface area contributed by atoms with Crippen LogP contribution >= 0.6 is 0 Å². The van der Waals surface area contributed by atoms with E-state index in [1.807, 2.05) is 43.3 Å². The van der Waals surface area contributed by atoms with Crippen molar-refractivity contribution in [1.82, 2.24) is 0 Å². The summed E-state index contributed by atoms with van der Waals surface area (Å²) in [6.07, 6.45) is 9.89. The van der Waals surface area contributed by atoms with Crippen molar-refractivity contribution in [2.45, 2.75) is 51.6 Å². The zero-order valence-electron chi connectivity index (χ0n) is 23.3. The van der Waals surface area contributed by atoms with Gasteiger partial charge in [0, 0.05) is 6.42 Å². The first-order chi connectivity index (χ1) is 19.2. The molecule has 2 unspecified atom stereocenters. The molecule has 2 atom stereocenters. The summed E-state index contributed by atoms with van der Waals surface area (Å²) in [5.74, 6) is 0.884. The lowest BCUT2D eigenvalue weighted by Gasteiger charge is -2.32. The highest BCUT2D eigenvalue weighted by Crippen LogP contribution is 2.32. The van der Waals surface area contributed by atoms with Crippen LogP contribution in [0.15, 0.2) is 115 Å². The number of hydrogen-bond donors (Lipinski definition) is 3. The van der Waals surface area contributed by atoms with Crippen LogP contribution in [0.25, 0.3) is 0 Å². The van der Waals surface area contributed by atoms with E-state index in [1.165, 1.54) is 16.7 Å². The smallest absolute Gasteiger partial charge is 0.119 e. The van der Waals surface area contributed by atoms with Crippen molar-refractivity contribution >= 4 is 0 Å². The van der Waals surface area contributed by atoms with Crippen LogP contribution < -0.4 is 0 Å². The largest absolute Gasteiger partial charge is 0.508 e. The number of phenols is 2. The Morgan fingerprint density at radius 2 is 1.27 bits per heavy atom. The van der Waals surface area contributed by atoms with E-state index >= 15 is 0 Å². The molecule has 0 heterocycles. The molecule has 5 rings (SSSR count). The molecule has 3 N–H and O–H groups in total. The van der Waals surface area contributed by atoms with Crippen LogP contribution in [0.3, 0.4) is 0 Å². The van der Waals surface area contributed by atoms with Crippen LogP contribution in [0.4, 0.5) is 0 Å². The van der Waals surface area contributed by atoms with Gasteiger partial charge in [0.25, 0.3) is 0 Å². The van der Waals surface area contributed by atoms with Crippen molar-refractivity contribution in [3.05, 3.63) is 154 Å². The van der Waals surface area contributed by atoms with Crippen molar-refractivity contribution in [2.75, 3.05) is 0 Å². The van der Waals surface area contributed by atoms with E-state index in [0.29, 0.717) is 18.6 Å². The van der Waals surface area contributed by atoms with Crippen LogP contribution in [0, 0.1) is 5.92 Å². The van der Waals surface area contributed by atoms with E-state index in [-0.39, 0.29) is 11.7 Å². The van der Waals surface area contributed by atoms with Crippen molar-refractivity contribution in [3.63, 3.8) is 0 Å². The third-order valence-corrected chi connectivity index (χ3v) is 7.94. The average molecular weight is 531 g/mol. The second-order valence-electron chi connectivity index (χ2n) is 11.4. The van der Waals surface area contributed by atoms with E-state index in [2.05, 4.69) is 67.6 Å². The first-order valence-corrected chi connectivity index (χ1v) is 14.1. The Labute approximate surface area is 237 Å². The maximum atomic E-state index is 10.8. The molecule has 0 saturated carbocycles. The second-order valence-corrected chi connectivity index (χ2v) is 11.4. The molecule has 0 aromatic heterocycles. The summed E-state index contributed by atoms with van der Waals surface area (Å²) in [5, 5.41) is 31.2. The Morgan fingerprint density at radius 3 is 1.88 bits per heavy atom. The fraction of sp³-hybridized carbons (Fsp3) is 0.243. The maximum Gasteiger partial charge on any atom is 0.119 e. The molecule has 0 amide bonds. The minimum atomic E-state index is -0.764. The molecular weight excluding hydrogens is 492 g/mol. The van der Waals surface area contributed by atoms with Gasteiger partial charge in [-0.3, -0.25) is 0 Å². The number of aromatic hydroxyl groups is 2. The van der Waals surface area contributed by atoms with E-state index in [4.69, 9.17) is 0 Å². The molecule has 1 aliphatic carbocycles. The van der Waals surface area contributed by atoms with E-state index < -0.39 is 5.60 Å². The third kappa shape index (κ3) is 6.91. The first-order valence-electron chi connectivity index (χ1n) is 14.1. The summed E-state index contributed by atoms with van der Waals surface area (Å²) < 4.78 is 0.